The second kappa shape index (κ2) is 5.77. The zero-order valence-corrected chi connectivity index (χ0v) is 12.4. The van der Waals surface area contributed by atoms with Crippen LogP contribution in [0.4, 0.5) is 0 Å². The summed E-state index contributed by atoms with van der Waals surface area (Å²) in [5.41, 5.74) is 1.70. The number of nitrogens with zero attached hydrogens (tertiary/aromatic N) is 1. The van der Waals surface area contributed by atoms with Gasteiger partial charge >= 0.3 is 0 Å². The highest BCUT2D eigenvalue weighted by Gasteiger charge is 2.25. The van der Waals surface area contributed by atoms with Crippen molar-refractivity contribution in [2.45, 2.75) is 26.0 Å². The van der Waals surface area contributed by atoms with Crippen LogP contribution in [-0.4, -0.2) is 36.8 Å². The minimum absolute atomic E-state index is 0.0639. The van der Waals surface area contributed by atoms with E-state index in [1.54, 1.807) is 7.11 Å². The van der Waals surface area contributed by atoms with Crippen LogP contribution in [0.1, 0.15) is 23.8 Å². The second-order valence-corrected chi connectivity index (χ2v) is 5.23. The van der Waals surface area contributed by atoms with Crippen LogP contribution in [-0.2, 0) is 11.3 Å². The first-order chi connectivity index (χ1) is 10.2. The molecule has 1 aliphatic heterocycles. The van der Waals surface area contributed by atoms with Crippen molar-refractivity contribution in [2.75, 3.05) is 20.3 Å². The Bertz CT molecular complexity index is 663. The van der Waals surface area contributed by atoms with Gasteiger partial charge in [-0.15, -0.1) is 0 Å². The number of aromatic nitrogens is 1. The number of benzene rings is 1. The van der Waals surface area contributed by atoms with E-state index in [0.717, 1.165) is 23.1 Å². The quantitative estimate of drug-likeness (QED) is 0.858. The monoisotopic (exact) mass is 288 g/mol. The summed E-state index contributed by atoms with van der Waals surface area (Å²) in [6.45, 7) is 3.83. The summed E-state index contributed by atoms with van der Waals surface area (Å²) in [4.78, 5) is 12.4. The molecular weight excluding hydrogens is 268 g/mol. The highest BCUT2D eigenvalue weighted by atomic mass is 16.5. The fraction of sp³-hybridized carbons (Fsp3) is 0.438. The third kappa shape index (κ3) is 2.49. The van der Waals surface area contributed by atoms with E-state index in [0.29, 0.717) is 25.4 Å². The third-order valence-electron chi connectivity index (χ3n) is 3.84. The predicted molar refractivity (Wildman–Crippen MR) is 80.9 cm³/mol. The van der Waals surface area contributed by atoms with Gasteiger partial charge in [-0.3, -0.25) is 4.79 Å². The van der Waals surface area contributed by atoms with Crippen molar-refractivity contribution in [3.63, 3.8) is 0 Å². The van der Waals surface area contributed by atoms with E-state index in [-0.39, 0.29) is 12.0 Å². The molecule has 3 rings (SSSR count). The fourth-order valence-electron chi connectivity index (χ4n) is 2.75. The summed E-state index contributed by atoms with van der Waals surface area (Å²) in [7, 11) is 1.62. The van der Waals surface area contributed by atoms with E-state index in [2.05, 4.69) is 16.8 Å². The average molecular weight is 288 g/mol. The maximum atomic E-state index is 12.4. The lowest BCUT2D eigenvalue weighted by Gasteiger charge is -2.26. The summed E-state index contributed by atoms with van der Waals surface area (Å²) < 4.78 is 13.0. The van der Waals surface area contributed by atoms with Gasteiger partial charge < -0.3 is 19.4 Å². The lowest BCUT2D eigenvalue weighted by Crippen LogP contribution is -2.32. The van der Waals surface area contributed by atoms with Crippen LogP contribution in [0.5, 0.6) is 5.75 Å². The minimum Gasteiger partial charge on any atom is -0.486 e. The number of carbonyl (C=O) groups excluding carboxylic acids is 1. The normalized spacial score (nSPS) is 16.8. The van der Waals surface area contributed by atoms with E-state index in [1.165, 1.54) is 0 Å². The lowest BCUT2D eigenvalue weighted by molar-refractivity contribution is 0.0921. The molecule has 1 N–H and O–H groups in total. The Hall–Kier alpha value is -2.01. The zero-order chi connectivity index (χ0) is 14.8. The second-order valence-electron chi connectivity index (χ2n) is 5.23. The van der Waals surface area contributed by atoms with Gasteiger partial charge in [0.05, 0.1) is 18.7 Å². The van der Waals surface area contributed by atoms with Crippen LogP contribution in [0.2, 0.25) is 0 Å². The maximum absolute atomic E-state index is 12.4. The van der Waals surface area contributed by atoms with Crippen LogP contribution < -0.4 is 10.1 Å². The Labute approximate surface area is 123 Å². The van der Waals surface area contributed by atoms with Gasteiger partial charge in [0.15, 0.2) is 0 Å². The molecule has 1 aliphatic rings. The Morgan fingerprint density at radius 3 is 3.14 bits per heavy atom. The largest absolute Gasteiger partial charge is 0.486 e. The van der Waals surface area contributed by atoms with Crippen LogP contribution in [0.3, 0.4) is 0 Å². The number of hydrogen-bond acceptors (Lipinski definition) is 3. The lowest BCUT2D eigenvalue weighted by atomic mass is 10.2. The molecule has 2 aromatic rings. The number of nitrogens with one attached hydrogen (secondary N) is 1. The van der Waals surface area contributed by atoms with Crippen molar-refractivity contribution in [1.29, 1.82) is 0 Å². The molecule has 0 radical (unpaired) electrons. The Balaban J connectivity index is 1.97. The molecule has 0 fully saturated rings. The fourth-order valence-corrected chi connectivity index (χ4v) is 2.75. The molecule has 112 valence electrons. The van der Waals surface area contributed by atoms with E-state index in [4.69, 9.17) is 9.47 Å². The van der Waals surface area contributed by atoms with Crippen LogP contribution in [0.15, 0.2) is 24.3 Å². The molecule has 1 aromatic heterocycles. The number of methoxy groups -OCH3 is 1. The molecule has 1 atom stereocenters. The molecule has 0 bridgehead atoms. The number of ether oxygens (including phenoxy) is 2. The van der Waals surface area contributed by atoms with Crippen molar-refractivity contribution >= 4 is 16.8 Å². The molecule has 5 nitrogen and oxygen atoms in total. The molecule has 0 aliphatic carbocycles. The topological polar surface area (TPSA) is 52.5 Å². The Kier molecular flexibility index (Phi) is 3.84. The average Bonchev–Trinajstić information content (AvgIpc) is 2.88. The van der Waals surface area contributed by atoms with Crippen molar-refractivity contribution in [2.24, 2.45) is 0 Å². The highest BCUT2D eigenvalue weighted by molar-refractivity contribution is 6.00. The summed E-state index contributed by atoms with van der Waals surface area (Å²) in [6.07, 6.45) is 1.03. The van der Waals surface area contributed by atoms with Crippen molar-refractivity contribution < 1.29 is 14.3 Å². The molecule has 1 amide bonds. The van der Waals surface area contributed by atoms with Crippen LogP contribution >= 0.6 is 0 Å². The molecule has 0 unspecified atom stereocenters. The molecule has 5 heteroatoms. The standard InChI is InChI=1S/C16H20N2O3/c1-3-12-10-18-13(16(19)17-7-8-20-2)9-11-5-4-6-14(21-12)15(11)18/h4-6,9,12H,3,7-8,10H2,1-2H3,(H,17,19)/t12-/m1/s1. The molecular formula is C16H20N2O3. The van der Waals surface area contributed by atoms with Crippen molar-refractivity contribution in [3.8, 4) is 5.75 Å². The van der Waals surface area contributed by atoms with E-state index >= 15 is 0 Å². The first-order valence-corrected chi connectivity index (χ1v) is 7.30. The third-order valence-corrected chi connectivity index (χ3v) is 3.84. The Morgan fingerprint density at radius 1 is 1.52 bits per heavy atom. The molecule has 0 saturated carbocycles. The number of amides is 1. The van der Waals surface area contributed by atoms with E-state index in [1.807, 2.05) is 24.3 Å². The van der Waals surface area contributed by atoms with Crippen molar-refractivity contribution in [3.05, 3.63) is 30.0 Å². The molecule has 21 heavy (non-hydrogen) atoms. The first-order valence-electron chi connectivity index (χ1n) is 7.30. The SMILES string of the molecule is CC[C@@H]1Cn2c(C(=O)NCCOC)cc3cccc(c32)O1. The summed E-state index contributed by atoms with van der Waals surface area (Å²) in [6, 6.07) is 7.87. The van der Waals surface area contributed by atoms with Gasteiger partial charge in [-0.25, -0.2) is 0 Å². The smallest absolute Gasteiger partial charge is 0.268 e. The number of carbonyl (C=O) groups is 1. The van der Waals surface area contributed by atoms with Gasteiger partial charge in [0.25, 0.3) is 5.91 Å². The molecule has 0 saturated heterocycles. The van der Waals surface area contributed by atoms with Crippen molar-refractivity contribution in [1.82, 2.24) is 9.88 Å². The summed E-state index contributed by atoms with van der Waals surface area (Å²) in [5, 5.41) is 3.93. The summed E-state index contributed by atoms with van der Waals surface area (Å²) >= 11 is 0. The number of para-hydroxylation sites is 1. The van der Waals surface area contributed by atoms with E-state index in [9.17, 15) is 4.79 Å². The minimum atomic E-state index is -0.0639. The number of rotatable bonds is 5. The van der Waals surface area contributed by atoms with Crippen LogP contribution in [0.25, 0.3) is 10.9 Å². The molecule has 0 spiro atoms. The predicted octanol–water partition coefficient (Wildman–Crippen LogP) is 2.19. The van der Waals surface area contributed by atoms with Gasteiger partial charge in [0.1, 0.15) is 17.5 Å². The van der Waals surface area contributed by atoms with Gasteiger partial charge in [-0.05, 0) is 18.6 Å². The van der Waals surface area contributed by atoms with Gasteiger partial charge in [-0.1, -0.05) is 19.1 Å². The zero-order valence-electron chi connectivity index (χ0n) is 12.4. The first kappa shape index (κ1) is 13.9. The molecule has 1 aromatic carbocycles. The van der Waals surface area contributed by atoms with Gasteiger partial charge in [-0.2, -0.15) is 0 Å². The highest BCUT2D eigenvalue weighted by Crippen LogP contribution is 2.34. The molecule has 2 heterocycles. The van der Waals surface area contributed by atoms with Crippen LogP contribution in [0, 0.1) is 0 Å². The maximum Gasteiger partial charge on any atom is 0.268 e. The van der Waals surface area contributed by atoms with Gasteiger partial charge in [0, 0.05) is 19.0 Å². The van der Waals surface area contributed by atoms with Gasteiger partial charge in [0.2, 0.25) is 0 Å². The van der Waals surface area contributed by atoms with E-state index < -0.39 is 0 Å². The Morgan fingerprint density at radius 2 is 2.38 bits per heavy atom. The summed E-state index contributed by atoms with van der Waals surface area (Å²) in [5.74, 6) is 0.799. The number of hydrogen-bond donors (Lipinski definition) is 1.